The van der Waals surface area contributed by atoms with Gasteiger partial charge in [0, 0.05) is 12.6 Å². The number of ether oxygens (including phenoxy) is 1. The lowest BCUT2D eigenvalue weighted by atomic mass is 10.1. The van der Waals surface area contributed by atoms with Crippen LogP contribution in [0.1, 0.15) is 51.9 Å². The Morgan fingerprint density at radius 1 is 1.17 bits per heavy atom. The van der Waals surface area contributed by atoms with Crippen molar-refractivity contribution < 1.29 is 13.2 Å². The van der Waals surface area contributed by atoms with Gasteiger partial charge in [-0.15, -0.1) is 0 Å². The Hall–Kier alpha value is -0.820. The summed E-state index contributed by atoms with van der Waals surface area (Å²) in [5.74, 6) is 1.17. The molecule has 23 heavy (non-hydrogen) atoms. The van der Waals surface area contributed by atoms with Crippen LogP contribution in [0.15, 0.2) is 4.99 Å². The maximum absolute atomic E-state index is 11.5. The molecule has 1 unspecified atom stereocenters. The third-order valence-electron chi connectivity index (χ3n) is 4.43. The highest BCUT2D eigenvalue weighted by molar-refractivity contribution is 7.91. The number of hydrogen-bond donors (Lipinski definition) is 2. The van der Waals surface area contributed by atoms with Crippen molar-refractivity contribution in [1.82, 2.24) is 10.6 Å². The zero-order chi connectivity index (χ0) is 16.5. The number of aliphatic imine (C=N–C) groups is 1. The van der Waals surface area contributed by atoms with Crippen molar-refractivity contribution >= 4 is 15.8 Å². The molecule has 1 aliphatic carbocycles. The van der Waals surface area contributed by atoms with Crippen LogP contribution in [-0.4, -0.2) is 57.7 Å². The average molecular weight is 346 g/mol. The summed E-state index contributed by atoms with van der Waals surface area (Å²) in [6, 6.07) is -0.0272. The van der Waals surface area contributed by atoms with E-state index in [2.05, 4.69) is 15.6 Å². The Morgan fingerprint density at radius 3 is 2.52 bits per heavy atom. The van der Waals surface area contributed by atoms with Crippen LogP contribution in [-0.2, 0) is 14.6 Å². The number of nitrogens with one attached hydrogen (secondary N) is 2. The second-order valence-electron chi connectivity index (χ2n) is 6.49. The largest absolute Gasteiger partial charge is 0.376 e. The molecule has 1 aliphatic heterocycles. The Bertz CT molecular complexity index is 471. The molecule has 0 spiro atoms. The van der Waals surface area contributed by atoms with E-state index in [0.717, 1.165) is 6.54 Å². The van der Waals surface area contributed by atoms with Crippen LogP contribution in [0, 0.1) is 0 Å². The molecule has 0 aromatic rings. The van der Waals surface area contributed by atoms with Gasteiger partial charge in [-0.25, -0.2) is 8.42 Å². The molecule has 1 saturated carbocycles. The molecule has 0 aromatic heterocycles. The van der Waals surface area contributed by atoms with Crippen molar-refractivity contribution in [2.75, 3.05) is 31.2 Å². The molecule has 1 saturated heterocycles. The van der Waals surface area contributed by atoms with Crippen molar-refractivity contribution in [3.8, 4) is 0 Å². The summed E-state index contributed by atoms with van der Waals surface area (Å²) < 4.78 is 29.0. The van der Waals surface area contributed by atoms with Gasteiger partial charge in [0.05, 0.1) is 30.8 Å². The average Bonchev–Trinajstić information content (AvgIpc) is 2.71. The molecule has 6 nitrogen and oxygen atoms in total. The molecule has 7 heteroatoms. The molecule has 2 N–H and O–H groups in total. The Labute approximate surface area is 140 Å². The summed E-state index contributed by atoms with van der Waals surface area (Å²) in [6.45, 7) is 3.99. The first-order chi connectivity index (χ1) is 11.1. The van der Waals surface area contributed by atoms with E-state index in [1.807, 2.05) is 6.92 Å². The third-order valence-corrected chi connectivity index (χ3v) is 6.20. The third kappa shape index (κ3) is 7.08. The zero-order valence-electron chi connectivity index (χ0n) is 14.2. The molecule has 134 valence electrons. The molecule has 2 aliphatic rings. The first kappa shape index (κ1) is 18.5. The standard InChI is InChI=1S/C16H31N3O3S/c1-2-17-16(19-14-9-12-23(20,21)13-14)18-10-11-22-15-7-5-3-4-6-8-15/h14-15H,2-13H2,1H3,(H2,17,18,19). The molecule has 2 fully saturated rings. The number of hydrogen-bond acceptors (Lipinski definition) is 4. The van der Waals surface area contributed by atoms with Crippen molar-refractivity contribution in [3.05, 3.63) is 0 Å². The minimum absolute atomic E-state index is 0.0272. The number of nitrogens with zero attached hydrogens (tertiary/aromatic N) is 1. The van der Waals surface area contributed by atoms with Gasteiger partial charge < -0.3 is 15.4 Å². The molecule has 0 radical (unpaired) electrons. The van der Waals surface area contributed by atoms with E-state index >= 15 is 0 Å². The van der Waals surface area contributed by atoms with E-state index in [1.165, 1.54) is 38.5 Å². The highest BCUT2D eigenvalue weighted by Crippen LogP contribution is 2.19. The van der Waals surface area contributed by atoms with Crippen LogP contribution in [0.2, 0.25) is 0 Å². The minimum Gasteiger partial charge on any atom is -0.376 e. The van der Waals surface area contributed by atoms with E-state index < -0.39 is 9.84 Å². The SMILES string of the molecule is CCNC(=NCCOC1CCCCCC1)NC1CCS(=O)(=O)C1. The van der Waals surface area contributed by atoms with Crippen LogP contribution in [0.5, 0.6) is 0 Å². The van der Waals surface area contributed by atoms with Crippen molar-refractivity contribution in [2.24, 2.45) is 4.99 Å². The summed E-state index contributed by atoms with van der Waals surface area (Å²) in [7, 11) is -2.87. The second-order valence-corrected chi connectivity index (χ2v) is 8.72. The molecule has 0 bridgehead atoms. The van der Waals surface area contributed by atoms with Gasteiger partial charge in [-0.2, -0.15) is 0 Å². The topological polar surface area (TPSA) is 79.8 Å². The molecule has 1 heterocycles. The zero-order valence-corrected chi connectivity index (χ0v) is 15.0. The Balaban J connectivity index is 1.72. The van der Waals surface area contributed by atoms with E-state index in [-0.39, 0.29) is 17.5 Å². The molecule has 2 rings (SSSR count). The van der Waals surface area contributed by atoms with Gasteiger partial charge in [0.2, 0.25) is 0 Å². The summed E-state index contributed by atoms with van der Waals surface area (Å²) in [5.41, 5.74) is 0. The van der Waals surface area contributed by atoms with Gasteiger partial charge >= 0.3 is 0 Å². The van der Waals surface area contributed by atoms with Gasteiger partial charge in [0.25, 0.3) is 0 Å². The maximum atomic E-state index is 11.5. The fourth-order valence-electron chi connectivity index (χ4n) is 3.21. The predicted octanol–water partition coefficient (Wildman–Crippen LogP) is 1.47. The fraction of sp³-hybridized carbons (Fsp3) is 0.938. The summed E-state index contributed by atoms with van der Waals surface area (Å²) >= 11 is 0. The highest BCUT2D eigenvalue weighted by atomic mass is 32.2. The van der Waals surface area contributed by atoms with Crippen LogP contribution >= 0.6 is 0 Å². The molecular formula is C16H31N3O3S. The lowest BCUT2D eigenvalue weighted by Gasteiger charge is -2.17. The first-order valence-electron chi connectivity index (χ1n) is 8.96. The first-order valence-corrected chi connectivity index (χ1v) is 10.8. The number of sulfone groups is 1. The summed E-state index contributed by atoms with van der Waals surface area (Å²) in [4.78, 5) is 4.51. The van der Waals surface area contributed by atoms with Crippen LogP contribution < -0.4 is 10.6 Å². The highest BCUT2D eigenvalue weighted by Gasteiger charge is 2.28. The Morgan fingerprint density at radius 2 is 1.91 bits per heavy atom. The van der Waals surface area contributed by atoms with E-state index in [0.29, 0.717) is 31.6 Å². The Kier molecular flexibility index (Phi) is 7.62. The van der Waals surface area contributed by atoms with Gasteiger partial charge in [-0.1, -0.05) is 25.7 Å². The van der Waals surface area contributed by atoms with Gasteiger partial charge in [-0.3, -0.25) is 4.99 Å². The van der Waals surface area contributed by atoms with Crippen LogP contribution in [0.4, 0.5) is 0 Å². The summed E-state index contributed by atoms with van der Waals surface area (Å²) in [5, 5.41) is 6.40. The maximum Gasteiger partial charge on any atom is 0.191 e. The predicted molar refractivity (Wildman–Crippen MR) is 93.6 cm³/mol. The van der Waals surface area contributed by atoms with Gasteiger partial charge in [0.15, 0.2) is 15.8 Å². The van der Waals surface area contributed by atoms with Crippen LogP contribution in [0.25, 0.3) is 0 Å². The number of rotatable bonds is 6. The lowest BCUT2D eigenvalue weighted by molar-refractivity contribution is 0.0487. The lowest BCUT2D eigenvalue weighted by Crippen LogP contribution is -2.44. The van der Waals surface area contributed by atoms with Crippen molar-refractivity contribution in [1.29, 1.82) is 0 Å². The molecule has 0 aromatic carbocycles. The second kappa shape index (κ2) is 9.47. The molecule has 0 amide bonds. The summed E-state index contributed by atoms with van der Waals surface area (Å²) in [6.07, 6.45) is 8.59. The van der Waals surface area contributed by atoms with Gasteiger partial charge in [0.1, 0.15) is 0 Å². The van der Waals surface area contributed by atoms with Gasteiger partial charge in [-0.05, 0) is 26.2 Å². The smallest absolute Gasteiger partial charge is 0.191 e. The van der Waals surface area contributed by atoms with E-state index in [1.54, 1.807) is 0 Å². The minimum atomic E-state index is -2.87. The fourth-order valence-corrected chi connectivity index (χ4v) is 4.88. The van der Waals surface area contributed by atoms with Crippen LogP contribution in [0.3, 0.4) is 0 Å². The quantitative estimate of drug-likeness (QED) is 0.330. The van der Waals surface area contributed by atoms with E-state index in [9.17, 15) is 8.42 Å². The van der Waals surface area contributed by atoms with E-state index in [4.69, 9.17) is 4.74 Å². The molecule has 1 atom stereocenters. The van der Waals surface area contributed by atoms with Crippen molar-refractivity contribution in [2.45, 2.75) is 64.0 Å². The monoisotopic (exact) mass is 345 g/mol. The number of guanidine groups is 1. The normalized spacial score (nSPS) is 26.0. The molecular weight excluding hydrogens is 314 g/mol. The van der Waals surface area contributed by atoms with Crippen molar-refractivity contribution in [3.63, 3.8) is 0 Å².